The van der Waals surface area contributed by atoms with Crippen molar-refractivity contribution in [1.29, 1.82) is 0 Å². The summed E-state index contributed by atoms with van der Waals surface area (Å²) in [6.07, 6.45) is 5.20. The fourth-order valence-corrected chi connectivity index (χ4v) is 2.06. The zero-order chi connectivity index (χ0) is 14.8. The Labute approximate surface area is 121 Å². The van der Waals surface area contributed by atoms with E-state index in [4.69, 9.17) is 15.2 Å². The van der Waals surface area contributed by atoms with Crippen LogP contribution in [0.3, 0.4) is 0 Å². The SMILES string of the molecule is COc1ccc(Nc2nc(N)cn3ccnc23)c(OC)c1. The molecule has 3 rings (SSSR count). The second-order valence-electron chi connectivity index (χ2n) is 4.36. The van der Waals surface area contributed by atoms with E-state index >= 15 is 0 Å². The van der Waals surface area contributed by atoms with Gasteiger partial charge in [0, 0.05) is 18.5 Å². The van der Waals surface area contributed by atoms with Crippen LogP contribution >= 0.6 is 0 Å². The molecule has 3 aromatic rings. The summed E-state index contributed by atoms with van der Waals surface area (Å²) >= 11 is 0. The Balaban J connectivity index is 2.04. The summed E-state index contributed by atoms with van der Waals surface area (Å²) in [7, 11) is 3.20. The molecule has 0 radical (unpaired) electrons. The van der Waals surface area contributed by atoms with Crippen LogP contribution in [-0.2, 0) is 0 Å². The van der Waals surface area contributed by atoms with E-state index < -0.39 is 0 Å². The van der Waals surface area contributed by atoms with Gasteiger partial charge in [0.15, 0.2) is 11.5 Å². The van der Waals surface area contributed by atoms with E-state index in [1.54, 1.807) is 37.1 Å². The highest BCUT2D eigenvalue weighted by Gasteiger charge is 2.10. The highest BCUT2D eigenvalue weighted by molar-refractivity contribution is 5.74. The van der Waals surface area contributed by atoms with Crippen LogP contribution in [0.5, 0.6) is 11.5 Å². The van der Waals surface area contributed by atoms with Gasteiger partial charge in [0.25, 0.3) is 0 Å². The molecule has 1 aromatic carbocycles. The minimum Gasteiger partial charge on any atom is -0.497 e. The number of nitrogens with two attached hydrogens (primary N) is 1. The predicted molar refractivity (Wildman–Crippen MR) is 80.2 cm³/mol. The van der Waals surface area contributed by atoms with Gasteiger partial charge in [-0.25, -0.2) is 9.97 Å². The highest BCUT2D eigenvalue weighted by atomic mass is 16.5. The Morgan fingerprint density at radius 2 is 2.10 bits per heavy atom. The van der Waals surface area contributed by atoms with Gasteiger partial charge in [-0.1, -0.05) is 0 Å². The van der Waals surface area contributed by atoms with Gasteiger partial charge in [0.2, 0.25) is 0 Å². The molecule has 2 heterocycles. The topological polar surface area (TPSA) is 86.7 Å². The van der Waals surface area contributed by atoms with Crippen LogP contribution in [0.15, 0.2) is 36.8 Å². The number of rotatable bonds is 4. The lowest BCUT2D eigenvalue weighted by molar-refractivity contribution is 0.395. The molecule has 0 amide bonds. The van der Waals surface area contributed by atoms with Crippen molar-refractivity contribution < 1.29 is 9.47 Å². The molecule has 0 fully saturated rings. The third-order valence-electron chi connectivity index (χ3n) is 3.05. The number of imidazole rings is 1. The van der Waals surface area contributed by atoms with Crippen LogP contribution in [0.25, 0.3) is 5.65 Å². The van der Waals surface area contributed by atoms with Crippen molar-refractivity contribution in [1.82, 2.24) is 14.4 Å². The second kappa shape index (κ2) is 5.20. The number of hydrogen-bond acceptors (Lipinski definition) is 6. The van der Waals surface area contributed by atoms with E-state index in [-0.39, 0.29) is 0 Å². The Bertz CT molecular complexity index is 784. The first-order valence-corrected chi connectivity index (χ1v) is 6.29. The first kappa shape index (κ1) is 13.0. The van der Waals surface area contributed by atoms with Crippen molar-refractivity contribution in [2.75, 3.05) is 25.3 Å². The van der Waals surface area contributed by atoms with Crippen LogP contribution in [-0.4, -0.2) is 28.6 Å². The number of hydrogen-bond donors (Lipinski definition) is 2. The number of methoxy groups -OCH3 is 2. The minimum absolute atomic E-state index is 0.399. The summed E-state index contributed by atoms with van der Waals surface area (Å²) in [6.45, 7) is 0. The molecule has 7 nitrogen and oxygen atoms in total. The van der Waals surface area contributed by atoms with Crippen LogP contribution in [0.4, 0.5) is 17.3 Å². The fourth-order valence-electron chi connectivity index (χ4n) is 2.06. The van der Waals surface area contributed by atoms with Gasteiger partial charge in [0.05, 0.1) is 26.1 Å². The summed E-state index contributed by atoms with van der Waals surface area (Å²) in [5.41, 5.74) is 7.24. The molecule has 0 aliphatic rings. The van der Waals surface area contributed by atoms with Crippen LogP contribution in [0, 0.1) is 0 Å². The van der Waals surface area contributed by atoms with Gasteiger partial charge in [-0.15, -0.1) is 0 Å². The number of fused-ring (bicyclic) bond motifs is 1. The quantitative estimate of drug-likeness (QED) is 0.763. The van der Waals surface area contributed by atoms with Crippen LogP contribution in [0.1, 0.15) is 0 Å². The van der Waals surface area contributed by atoms with E-state index in [0.29, 0.717) is 28.8 Å². The summed E-state index contributed by atoms with van der Waals surface area (Å²) in [5, 5.41) is 3.19. The van der Waals surface area contributed by atoms with Crippen molar-refractivity contribution in [3.63, 3.8) is 0 Å². The lowest BCUT2D eigenvalue weighted by Crippen LogP contribution is -2.03. The molecule has 0 bridgehead atoms. The molecule has 0 aliphatic heterocycles. The Hall–Kier alpha value is -2.96. The minimum atomic E-state index is 0.399. The highest BCUT2D eigenvalue weighted by Crippen LogP contribution is 2.32. The molecule has 0 aliphatic carbocycles. The smallest absolute Gasteiger partial charge is 0.180 e. The Morgan fingerprint density at radius 3 is 2.86 bits per heavy atom. The number of ether oxygens (including phenoxy) is 2. The van der Waals surface area contributed by atoms with Crippen molar-refractivity contribution in [2.24, 2.45) is 0 Å². The van der Waals surface area contributed by atoms with Gasteiger partial charge in [0.1, 0.15) is 17.3 Å². The van der Waals surface area contributed by atoms with Crippen LogP contribution < -0.4 is 20.5 Å². The van der Waals surface area contributed by atoms with E-state index in [1.807, 2.05) is 18.3 Å². The average molecular weight is 285 g/mol. The monoisotopic (exact) mass is 285 g/mol. The van der Waals surface area contributed by atoms with Gasteiger partial charge in [-0.3, -0.25) is 0 Å². The maximum Gasteiger partial charge on any atom is 0.180 e. The maximum absolute atomic E-state index is 5.80. The molecular weight excluding hydrogens is 270 g/mol. The molecule has 0 unspecified atom stereocenters. The van der Waals surface area contributed by atoms with E-state index in [0.717, 1.165) is 5.69 Å². The molecule has 7 heteroatoms. The molecule has 3 N–H and O–H groups in total. The third-order valence-corrected chi connectivity index (χ3v) is 3.05. The van der Waals surface area contributed by atoms with Gasteiger partial charge in [-0.05, 0) is 12.1 Å². The standard InChI is InChI=1S/C14H15N5O2/c1-20-9-3-4-10(11(7-9)21-2)17-13-14-16-5-6-19(14)8-12(15)18-13/h3-8H,15H2,1-2H3,(H,17,18). The third kappa shape index (κ3) is 2.40. The normalized spacial score (nSPS) is 10.6. The molecule has 0 spiro atoms. The van der Waals surface area contributed by atoms with Gasteiger partial charge >= 0.3 is 0 Å². The maximum atomic E-state index is 5.80. The lowest BCUT2D eigenvalue weighted by Gasteiger charge is -2.12. The van der Waals surface area contributed by atoms with E-state index in [2.05, 4.69) is 15.3 Å². The first-order chi connectivity index (χ1) is 10.2. The summed E-state index contributed by atoms with van der Waals surface area (Å²) in [6, 6.07) is 5.47. The molecule has 21 heavy (non-hydrogen) atoms. The molecule has 0 saturated heterocycles. The van der Waals surface area contributed by atoms with E-state index in [9.17, 15) is 0 Å². The summed E-state index contributed by atoms with van der Waals surface area (Å²) in [4.78, 5) is 8.55. The number of aromatic nitrogens is 3. The molecule has 0 saturated carbocycles. The molecule has 108 valence electrons. The number of nitrogens with one attached hydrogen (secondary N) is 1. The zero-order valence-corrected chi connectivity index (χ0v) is 11.7. The molecule has 0 atom stereocenters. The Kier molecular flexibility index (Phi) is 3.23. The number of anilines is 3. The molecular formula is C14H15N5O2. The van der Waals surface area contributed by atoms with Crippen LogP contribution in [0.2, 0.25) is 0 Å². The van der Waals surface area contributed by atoms with E-state index in [1.165, 1.54) is 0 Å². The van der Waals surface area contributed by atoms with Gasteiger partial charge in [-0.2, -0.15) is 0 Å². The number of benzene rings is 1. The van der Waals surface area contributed by atoms with Crippen molar-refractivity contribution in [3.8, 4) is 11.5 Å². The fraction of sp³-hybridized carbons (Fsp3) is 0.143. The lowest BCUT2D eigenvalue weighted by atomic mass is 10.2. The zero-order valence-electron chi connectivity index (χ0n) is 11.7. The second-order valence-corrected chi connectivity index (χ2v) is 4.36. The predicted octanol–water partition coefficient (Wildman–Crippen LogP) is 2.07. The first-order valence-electron chi connectivity index (χ1n) is 6.29. The molecule has 2 aromatic heterocycles. The van der Waals surface area contributed by atoms with Crippen molar-refractivity contribution >= 4 is 23.0 Å². The largest absolute Gasteiger partial charge is 0.497 e. The number of nitrogens with zero attached hydrogens (tertiary/aromatic N) is 3. The van der Waals surface area contributed by atoms with Crippen molar-refractivity contribution in [3.05, 3.63) is 36.8 Å². The number of nitrogen functional groups attached to an aromatic ring is 1. The summed E-state index contributed by atoms with van der Waals surface area (Å²) in [5.74, 6) is 2.31. The van der Waals surface area contributed by atoms with Gasteiger partial charge < -0.3 is 24.9 Å². The average Bonchev–Trinajstić information content (AvgIpc) is 2.96. The van der Waals surface area contributed by atoms with Crippen molar-refractivity contribution in [2.45, 2.75) is 0 Å². The Morgan fingerprint density at radius 1 is 1.24 bits per heavy atom. The summed E-state index contributed by atoms with van der Waals surface area (Å²) < 4.78 is 12.3.